The number of alkyl halides is 2. The fraction of sp³-hybridized carbons (Fsp3) is 0.250. The van der Waals surface area contributed by atoms with Crippen molar-refractivity contribution in [2.45, 2.75) is 18.9 Å². The van der Waals surface area contributed by atoms with Gasteiger partial charge in [-0.3, -0.25) is 0 Å². The van der Waals surface area contributed by atoms with E-state index in [0.29, 0.717) is 11.1 Å². The standard InChI is InChI=1S/C16H17F2NO3S/c1-19(23(20,21)12-14-5-3-2-4-6-14)11-13-7-9-15(10-8-13)22-16(17)18/h2-10,16H,11-12H2,1H3. The Morgan fingerprint density at radius 2 is 1.61 bits per heavy atom. The van der Waals surface area contributed by atoms with Crippen LogP contribution in [0.15, 0.2) is 54.6 Å². The predicted octanol–water partition coefficient (Wildman–Crippen LogP) is 3.25. The van der Waals surface area contributed by atoms with E-state index in [4.69, 9.17) is 0 Å². The van der Waals surface area contributed by atoms with E-state index in [1.807, 2.05) is 6.07 Å². The van der Waals surface area contributed by atoms with Crippen molar-refractivity contribution in [1.29, 1.82) is 0 Å². The molecule has 7 heteroatoms. The summed E-state index contributed by atoms with van der Waals surface area (Å²) in [5, 5.41) is 0. The number of sulfonamides is 1. The zero-order chi connectivity index (χ0) is 16.9. The average molecular weight is 341 g/mol. The molecule has 0 aliphatic carbocycles. The van der Waals surface area contributed by atoms with Crippen LogP contribution in [0.1, 0.15) is 11.1 Å². The summed E-state index contributed by atoms with van der Waals surface area (Å²) in [4.78, 5) is 0. The highest BCUT2D eigenvalue weighted by Crippen LogP contribution is 2.17. The molecule has 124 valence electrons. The van der Waals surface area contributed by atoms with Gasteiger partial charge in [-0.25, -0.2) is 12.7 Å². The van der Waals surface area contributed by atoms with Crippen molar-refractivity contribution in [3.8, 4) is 5.75 Å². The number of nitrogens with zero attached hydrogens (tertiary/aromatic N) is 1. The summed E-state index contributed by atoms with van der Waals surface area (Å²) in [6.45, 7) is -2.72. The Bertz CT molecular complexity index is 719. The lowest BCUT2D eigenvalue weighted by Gasteiger charge is -2.17. The van der Waals surface area contributed by atoms with Crippen LogP contribution in [0, 0.1) is 0 Å². The third-order valence-corrected chi connectivity index (χ3v) is 5.00. The van der Waals surface area contributed by atoms with E-state index in [0.717, 1.165) is 0 Å². The first-order chi connectivity index (χ1) is 10.9. The number of ether oxygens (including phenoxy) is 1. The SMILES string of the molecule is CN(Cc1ccc(OC(F)F)cc1)S(=O)(=O)Cc1ccccc1. The van der Waals surface area contributed by atoms with Gasteiger partial charge in [-0.2, -0.15) is 8.78 Å². The van der Waals surface area contributed by atoms with Gasteiger partial charge < -0.3 is 4.74 Å². The molecule has 0 saturated carbocycles. The molecule has 0 spiro atoms. The Morgan fingerprint density at radius 1 is 1.00 bits per heavy atom. The molecule has 0 atom stereocenters. The fourth-order valence-corrected chi connectivity index (χ4v) is 3.21. The number of rotatable bonds is 7. The summed E-state index contributed by atoms with van der Waals surface area (Å²) in [6.07, 6.45) is 0. The van der Waals surface area contributed by atoms with Crippen molar-refractivity contribution in [3.05, 3.63) is 65.7 Å². The molecule has 23 heavy (non-hydrogen) atoms. The summed E-state index contributed by atoms with van der Waals surface area (Å²) in [7, 11) is -1.97. The molecule has 4 nitrogen and oxygen atoms in total. The van der Waals surface area contributed by atoms with Gasteiger partial charge in [0.25, 0.3) is 0 Å². The number of hydrogen-bond acceptors (Lipinski definition) is 3. The maximum absolute atomic E-state index is 12.3. The minimum Gasteiger partial charge on any atom is -0.435 e. The van der Waals surface area contributed by atoms with Gasteiger partial charge >= 0.3 is 6.61 Å². The van der Waals surface area contributed by atoms with Gasteiger partial charge in [0, 0.05) is 13.6 Å². The average Bonchev–Trinajstić information content (AvgIpc) is 2.49. The quantitative estimate of drug-likeness (QED) is 0.777. The molecule has 0 radical (unpaired) electrons. The van der Waals surface area contributed by atoms with E-state index in [-0.39, 0.29) is 18.0 Å². The molecule has 0 aromatic heterocycles. The van der Waals surface area contributed by atoms with Gasteiger partial charge in [-0.05, 0) is 23.3 Å². The Balaban J connectivity index is 2.01. The summed E-state index contributed by atoms with van der Waals surface area (Å²) < 4.78 is 54.3. The van der Waals surface area contributed by atoms with Crippen LogP contribution in [0.3, 0.4) is 0 Å². The maximum atomic E-state index is 12.3. The van der Waals surface area contributed by atoms with Crippen LogP contribution in [0.2, 0.25) is 0 Å². The summed E-state index contributed by atoms with van der Waals surface area (Å²) in [5.74, 6) is -0.0461. The van der Waals surface area contributed by atoms with E-state index in [1.165, 1.54) is 23.5 Å². The molecular formula is C16H17F2NO3S. The normalized spacial score (nSPS) is 11.9. The number of hydrogen-bond donors (Lipinski definition) is 0. The van der Waals surface area contributed by atoms with E-state index < -0.39 is 16.6 Å². The van der Waals surface area contributed by atoms with E-state index in [9.17, 15) is 17.2 Å². The van der Waals surface area contributed by atoms with Crippen LogP contribution in [-0.2, 0) is 22.3 Å². The van der Waals surface area contributed by atoms with Gasteiger partial charge in [-0.15, -0.1) is 0 Å². The van der Waals surface area contributed by atoms with Gasteiger partial charge in [0.1, 0.15) is 5.75 Å². The van der Waals surface area contributed by atoms with Gasteiger partial charge in [0.2, 0.25) is 10.0 Å². The van der Waals surface area contributed by atoms with Gasteiger partial charge in [0.15, 0.2) is 0 Å². The number of benzene rings is 2. The molecule has 0 bridgehead atoms. The van der Waals surface area contributed by atoms with Crippen molar-refractivity contribution in [2.24, 2.45) is 0 Å². The lowest BCUT2D eigenvalue weighted by molar-refractivity contribution is -0.0498. The minimum absolute atomic E-state index is 0.0403. The zero-order valence-corrected chi connectivity index (χ0v) is 13.3. The first-order valence-electron chi connectivity index (χ1n) is 6.88. The second-order valence-electron chi connectivity index (χ2n) is 5.02. The molecule has 0 fully saturated rings. The smallest absolute Gasteiger partial charge is 0.387 e. The molecule has 0 N–H and O–H groups in total. The second-order valence-corrected chi connectivity index (χ2v) is 7.10. The largest absolute Gasteiger partial charge is 0.435 e. The Kier molecular flexibility index (Phi) is 5.68. The third-order valence-electron chi connectivity index (χ3n) is 3.22. The van der Waals surface area contributed by atoms with Crippen molar-refractivity contribution in [2.75, 3.05) is 7.05 Å². The maximum Gasteiger partial charge on any atom is 0.387 e. The molecule has 0 aliphatic rings. The highest BCUT2D eigenvalue weighted by atomic mass is 32.2. The van der Waals surface area contributed by atoms with Crippen molar-refractivity contribution < 1.29 is 21.9 Å². The molecule has 0 unspecified atom stereocenters. The molecule has 0 amide bonds. The number of halogens is 2. The first-order valence-corrected chi connectivity index (χ1v) is 8.49. The van der Waals surface area contributed by atoms with Gasteiger partial charge in [-0.1, -0.05) is 42.5 Å². The monoisotopic (exact) mass is 341 g/mol. The lowest BCUT2D eigenvalue weighted by Crippen LogP contribution is -2.27. The minimum atomic E-state index is -3.46. The van der Waals surface area contributed by atoms with Crippen LogP contribution >= 0.6 is 0 Å². The molecule has 2 aromatic rings. The molecular weight excluding hydrogens is 324 g/mol. The highest BCUT2D eigenvalue weighted by Gasteiger charge is 2.18. The van der Waals surface area contributed by atoms with Crippen LogP contribution in [0.4, 0.5) is 8.78 Å². The van der Waals surface area contributed by atoms with Crippen LogP contribution in [-0.4, -0.2) is 26.4 Å². The van der Waals surface area contributed by atoms with E-state index in [2.05, 4.69) is 4.74 Å². The molecule has 0 aliphatic heterocycles. The lowest BCUT2D eigenvalue weighted by atomic mass is 10.2. The summed E-state index contributed by atoms with van der Waals surface area (Å²) in [6, 6.07) is 14.8. The first kappa shape index (κ1) is 17.4. The van der Waals surface area contributed by atoms with Crippen LogP contribution < -0.4 is 4.74 Å². The highest BCUT2D eigenvalue weighted by molar-refractivity contribution is 7.88. The van der Waals surface area contributed by atoms with Crippen LogP contribution in [0.25, 0.3) is 0 Å². The fourth-order valence-electron chi connectivity index (χ4n) is 2.03. The summed E-state index contributed by atoms with van der Waals surface area (Å²) >= 11 is 0. The van der Waals surface area contributed by atoms with Crippen LogP contribution in [0.5, 0.6) is 5.75 Å². The molecule has 2 rings (SSSR count). The van der Waals surface area contributed by atoms with Crippen molar-refractivity contribution in [3.63, 3.8) is 0 Å². The van der Waals surface area contributed by atoms with Gasteiger partial charge in [0.05, 0.1) is 5.75 Å². The zero-order valence-electron chi connectivity index (χ0n) is 12.5. The second kappa shape index (κ2) is 7.52. The van der Waals surface area contributed by atoms with E-state index in [1.54, 1.807) is 36.4 Å². The van der Waals surface area contributed by atoms with E-state index >= 15 is 0 Å². The summed E-state index contributed by atoms with van der Waals surface area (Å²) in [5.41, 5.74) is 1.39. The Morgan fingerprint density at radius 3 is 2.17 bits per heavy atom. The molecule has 0 saturated heterocycles. The molecule has 0 heterocycles. The predicted molar refractivity (Wildman–Crippen MR) is 83.6 cm³/mol. The molecule has 2 aromatic carbocycles. The van der Waals surface area contributed by atoms with Crippen molar-refractivity contribution >= 4 is 10.0 Å². The topological polar surface area (TPSA) is 46.6 Å². The van der Waals surface area contributed by atoms with Crippen molar-refractivity contribution in [1.82, 2.24) is 4.31 Å². The third kappa shape index (κ3) is 5.30. The Hall–Kier alpha value is -1.99. The Labute approximate surface area is 134 Å².